The molecule has 1 atom stereocenters. The number of thioether (sulfide) groups is 1. The van der Waals surface area contributed by atoms with E-state index >= 15 is 0 Å². The second-order valence-electron chi connectivity index (χ2n) is 7.86. The fraction of sp³-hybridized carbons (Fsp3) is 0.231. The molecule has 0 unspecified atom stereocenters. The second-order valence-corrected chi connectivity index (χ2v) is 9.34. The molecule has 0 saturated heterocycles. The van der Waals surface area contributed by atoms with E-state index in [4.69, 9.17) is 0 Å². The van der Waals surface area contributed by atoms with Crippen molar-refractivity contribution < 1.29 is 9.59 Å². The molecule has 1 aliphatic rings. The number of fused-ring (bicyclic) bond motifs is 1. The Labute approximate surface area is 193 Å². The molecule has 0 fully saturated rings. The van der Waals surface area contributed by atoms with Crippen molar-refractivity contribution in [3.05, 3.63) is 90.0 Å². The number of amides is 3. The number of hydrogen-bond donors (Lipinski definition) is 2. The van der Waals surface area contributed by atoms with E-state index in [-0.39, 0.29) is 11.9 Å². The lowest BCUT2D eigenvalue weighted by atomic mass is 10.1. The molecular formula is C26H27N3O2S. The number of nitrogens with one attached hydrogen (secondary N) is 2. The van der Waals surface area contributed by atoms with Crippen LogP contribution in [0, 0.1) is 0 Å². The molecule has 1 heterocycles. The van der Waals surface area contributed by atoms with Gasteiger partial charge in [-0.1, -0.05) is 49.4 Å². The normalized spacial score (nSPS) is 15.0. The van der Waals surface area contributed by atoms with Crippen molar-refractivity contribution in [2.24, 2.45) is 0 Å². The van der Waals surface area contributed by atoms with Crippen LogP contribution in [0.2, 0.25) is 0 Å². The number of anilines is 2. The topological polar surface area (TPSA) is 61.4 Å². The lowest BCUT2D eigenvalue weighted by molar-refractivity contribution is 0.0953. The van der Waals surface area contributed by atoms with Gasteiger partial charge in [0, 0.05) is 34.5 Å². The number of aryl methyl sites for hydroxylation is 1. The predicted octanol–water partition coefficient (Wildman–Crippen LogP) is 5.58. The van der Waals surface area contributed by atoms with E-state index in [1.807, 2.05) is 42.5 Å². The summed E-state index contributed by atoms with van der Waals surface area (Å²) in [5.41, 5.74) is 3.45. The quantitative estimate of drug-likeness (QED) is 0.487. The Hall–Kier alpha value is -3.25. The molecule has 0 spiro atoms. The number of carbonyl (C=O) groups is 2. The van der Waals surface area contributed by atoms with Crippen LogP contribution in [-0.2, 0) is 6.42 Å². The molecule has 3 aromatic carbocycles. The van der Waals surface area contributed by atoms with Gasteiger partial charge in [-0.3, -0.25) is 9.69 Å². The lowest BCUT2D eigenvalue weighted by Crippen LogP contribution is -2.41. The van der Waals surface area contributed by atoms with Crippen molar-refractivity contribution in [3.63, 3.8) is 0 Å². The zero-order chi connectivity index (χ0) is 22.3. The van der Waals surface area contributed by atoms with Crippen LogP contribution < -0.4 is 15.5 Å². The molecule has 0 aromatic heterocycles. The summed E-state index contributed by atoms with van der Waals surface area (Å²) in [6.45, 7) is 3.39. The summed E-state index contributed by atoms with van der Waals surface area (Å²) in [6.07, 6.45) is 1.82. The first-order valence-electron chi connectivity index (χ1n) is 10.9. The summed E-state index contributed by atoms with van der Waals surface area (Å²) in [7, 11) is 0. The van der Waals surface area contributed by atoms with E-state index in [0.717, 1.165) is 23.4 Å². The van der Waals surface area contributed by atoms with Crippen molar-refractivity contribution in [2.45, 2.75) is 29.9 Å². The highest BCUT2D eigenvalue weighted by Gasteiger charge is 2.26. The highest BCUT2D eigenvalue weighted by molar-refractivity contribution is 8.00. The zero-order valence-electron chi connectivity index (χ0n) is 18.1. The number of benzene rings is 3. The van der Waals surface area contributed by atoms with Crippen LogP contribution in [0.15, 0.2) is 83.8 Å². The summed E-state index contributed by atoms with van der Waals surface area (Å²) in [5.74, 6) is -0.105. The zero-order valence-corrected chi connectivity index (χ0v) is 18.9. The molecule has 0 bridgehead atoms. The Morgan fingerprint density at radius 3 is 2.47 bits per heavy atom. The molecule has 0 saturated carbocycles. The minimum absolute atomic E-state index is 0.105. The highest BCUT2D eigenvalue weighted by Crippen LogP contribution is 2.38. The van der Waals surface area contributed by atoms with Crippen molar-refractivity contribution in [1.29, 1.82) is 0 Å². The van der Waals surface area contributed by atoms with Crippen LogP contribution >= 0.6 is 11.8 Å². The van der Waals surface area contributed by atoms with Gasteiger partial charge in [-0.25, -0.2) is 4.79 Å². The van der Waals surface area contributed by atoms with Crippen molar-refractivity contribution >= 4 is 35.1 Å². The first kappa shape index (κ1) is 22.0. The Morgan fingerprint density at radius 1 is 0.969 bits per heavy atom. The Kier molecular flexibility index (Phi) is 7.12. The highest BCUT2D eigenvalue weighted by atomic mass is 32.2. The average Bonchev–Trinajstić information content (AvgIpc) is 2.82. The van der Waals surface area contributed by atoms with Gasteiger partial charge in [0.15, 0.2) is 0 Å². The van der Waals surface area contributed by atoms with E-state index < -0.39 is 0 Å². The van der Waals surface area contributed by atoms with Gasteiger partial charge < -0.3 is 10.6 Å². The molecule has 0 aliphatic carbocycles. The molecular weight excluding hydrogens is 418 g/mol. The number of hydrogen-bond acceptors (Lipinski definition) is 3. The molecule has 0 radical (unpaired) electrons. The lowest BCUT2D eigenvalue weighted by Gasteiger charge is -2.32. The molecule has 3 aromatic rings. The molecule has 2 N–H and O–H groups in total. The first-order valence-corrected chi connectivity index (χ1v) is 11.7. The SMILES string of the molecule is C[C@H]1CN(C(=O)Nc2ccc(C(=O)NCCCc3ccccc3)cc2)c2ccccc2S1. The van der Waals surface area contributed by atoms with Crippen LogP contribution in [-0.4, -0.2) is 30.3 Å². The van der Waals surface area contributed by atoms with E-state index in [1.165, 1.54) is 5.56 Å². The van der Waals surface area contributed by atoms with Gasteiger partial charge in [-0.05, 0) is 54.8 Å². The van der Waals surface area contributed by atoms with Gasteiger partial charge >= 0.3 is 6.03 Å². The van der Waals surface area contributed by atoms with E-state index in [1.54, 1.807) is 40.9 Å². The number of carbonyl (C=O) groups excluding carboxylic acids is 2. The number of urea groups is 1. The van der Waals surface area contributed by atoms with E-state index in [0.29, 0.717) is 29.6 Å². The van der Waals surface area contributed by atoms with Crippen molar-refractivity contribution in [3.8, 4) is 0 Å². The van der Waals surface area contributed by atoms with Gasteiger partial charge in [0.05, 0.1) is 5.69 Å². The summed E-state index contributed by atoms with van der Waals surface area (Å²) >= 11 is 1.79. The molecule has 164 valence electrons. The van der Waals surface area contributed by atoms with E-state index in [2.05, 4.69) is 29.7 Å². The van der Waals surface area contributed by atoms with Crippen LogP contribution in [0.5, 0.6) is 0 Å². The largest absolute Gasteiger partial charge is 0.352 e. The maximum Gasteiger partial charge on any atom is 0.326 e. The van der Waals surface area contributed by atoms with Crippen LogP contribution in [0.4, 0.5) is 16.2 Å². The monoisotopic (exact) mass is 445 g/mol. The third-order valence-corrected chi connectivity index (χ3v) is 6.49. The molecule has 32 heavy (non-hydrogen) atoms. The average molecular weight is 446 g/mol. The van der Waals surface area contributed by atoms with Gasteiger partial charge in [-0.15, -0.1) is 11.8 Å². The first-order chi connectivity index (χ1) is 15.6. The predicted molar refractivity (Wildman–Crippen MR) is 132 cm³/mol. The number of nitrogens with zero attached hydrogens (tertiary/aromatic N) is 1. The molecule has 4 rings (SSSR count). The number of para-hydroxylation sites is 1. The van der Waals surface area contributed by atoms with Gasteiger partial charge in [0.2, 0.25) is 0 Å². The molecule has 6 heteroatoms. The molecule has 3 amide bonds. The minimum Gasteiger partial charge on any atom is -0.352 e. The van der Waals surface area contributed by atoms with Gasteiger partial charge in [0.25, 0.3) is 5.91 Å². The van der Waals surface area contributed by atoms with E-state index in [9.17, 15) is 9.59 Å². The summed E-state index contributed by atoms with van der Waals surface area (Å²) < 4.78 is 0. The number of rotatable bonds is 6. The maximum atomic E-state index is 12.9. The summed E-state index contributed by atoms with van der Waals surface area (Å²) in [4.78, 5) is 28.2. The van der Waals surface area contributed by atoms with Crippen LogP contribution in [0.3, 0.4) is 0 Å². The van der Waals surface area contributed by atoms with Gasteiger partial charge in [-0.2, -0.15) is 0 Å². The fourth-order valence-electron chi connectivity index (χ4n) is 3.72. The second kappa shape index (κ2) is 10.4. The third-order valence-electron chi connectivity index (χ3n) is 5.34. The van der Waals surface area contributed by atoms with Crippen LogP contribution in [0.1, 0.15) is 29.3 Å². The molecule has 1 aliphatic heterocycles. The summed E-state index contributed by atoms with van der Waals surface area (Å²) in [6, 6.07) is 25.1. The van der Waals surface area contributed by atoms with Gasteiger partial charge in [0.1, 0.15) is 0 Å². The fourth-order valence-corrected chi connectivity index (χ4v) is 4.83. The third kappa shape index (κ3) is 5.51. The Bertz CT molecular complexity index is 1070. The van der Waals surface area contributed by atoms with Crippen LogP contribution in [0.25, 0.3) is 0 Å². The minimum atomic E-state index is -0.164. The van der Waals surface area contributed by atoms with Crippen molar-refractivity contribution in [2.75, 3.05) is 23.3 Å². The maximum absolute atomic E-state index is 12.9. The van der Waals surface area contributed by atoms with Crippen molar-refractivity contribution in [1.82, 2.24) is 5.32 Å². The Balaban J connectivity index is 1.30. The Morgan fingerprint density at radius 2 is 1.69 bits per heavy atom. The molecule has 5 nitrogen and oxygen atoms in total. The summed E-state index contributed by atoms with van der Waals surface area (Å²) in [5, 5.41) is 6.24. The standard InChI is InChI=1S/C26H27N3O2S/c1-19-18-29(23-11-5-6-12-24(23)32-19)26(31)28-22-15-13-21(14-16-22)25(30)27-17-7-10-20-8-3-2-4-9-20/h2-6,8-9,11-16,19H,7,10,17-18H2,1H3,(H,27,30)(H,28,31)/t19-/m0/s1. The smallest absolute Gasteiger partial charge is 0.326 e.